The molecule has 0 aliphatic heterocycles. The summed E-state index contributed by atoms with van der Waals surface area (Å²) in [7, 11) is 1.64. The summed E-state index contributed by atoms with van der Waals surface area (Å²) in [5, 5.41) is 3.18. The number of allylic oxidation sites excluding steroid dienone is 1. The summed E-state index contributed by atoms with van der Waals surface area (Å²) in [6, 6.07) is 9.62. The van der Waals surface area contributed by atoms with Crippen molar-refractivity contribution in [3.05, 3.63) is 65.8 Å². The van der Waals surface area contributed by atoms with Crippen molar-refractivity contribution >= 4 is 16.9 Å². The molecule has 174 valence electrons. The summed E-state index contributed by atoms with van der Waals surface area (Å²) in [5.41, 5.74) is 4.34. The predicted octanol–water partition coefficient (Wildman–Crippen LogP) is 4.72. The van der Waals surface area contributed by atoms with E-state index >= 15 is 0 Å². The highest BCUT2D eigenvalue weighted by Gasteiger charge is 2.32. The van der Waals surface area contributed by atoms with E-state index in [2.05, 4.69) is 42.1 Å². The van der Waals surface area contributed by atoms with Crippen LogP contribution in [0.4, 0.5) is 0 Å². The van der Waals surface area contributed by atoms with Crippen LogP contribution in [-0.2, 0) is 17.6 Å². The molecule has 0 radical (unpaired) electrons. The van der Waals surface area contributed by atoms with Gasteiger partial charge in [0.1, 0.15) is 11.6 Å². The fraction of sp³-hybridized carbons (Fsp3) is 0.444. The van der Waals surface area contributed by atoms with Crippen molar-refractivity contribution in [3.63, 3.8) is 0 Å². The normalized spacial score (nSPS) is 20.6. The lowest BCUT2D eigenvalue weighted by molar-refractivity contribution is -0.120. The van der Waals surface area contributed by atoms with Crippen LogP contribution in [-0.4, -0.2) is 34.5 Å². The number of amides is 1. The van der Waals surface area contributed by atoms with Gasteiger partial charge in [0.25, 0.3) is 0 Å². The molecule has 4 rings (SSSR count). The summed E-state index contributed by atoms with van der Waals surface area (Å²) >= 11 is 0. The molecule has 33 heavy (non-hydrogen) atoms. The molecule has 3 aromatic rings. The van der Waals surface area contributed by atoms with Crippen molar-refractivity contribution in [2.24, 2.45) is 23.7 Å². The maximum Gasteiger partial charge on any atom is 0.224 e. The Morgan fingerprint density at radius 2 is 2.03 bits per heavy atom. The van der Waals surface area contributed by atoms with Crippen LogP contribution in [0, 0.1) is 23.7 Å². The monoisotopic (exact) mass is 446 g/mol. The van der Waals surface area contributed by atoms with Crippen LogP contribution < -0.4 is 10.1 Å². The zero-order valence-electron chi connectivity index (χ0n) is 20.0. The van der Waals surface area contributed by atoms with Crippen LogP contribution >= 0.6 is 0 Å². The highest BCUT2D eigenvalue weighted by Crippen LogP contribution is 2.38. The van der Waals surface area contributed by atoms with Gasteiger partial charge >= 0.3 is 0 Å². The highest BCUT2D eigenvalue weighted by atomic mass is 16.5. The number of H-pyrrole nitrogens is 1. The number of hydrogen-bond acceptors (Lipinski definition) is 4. The van der Waals surface area contributed by atoms with E-state index in [-0.39, 0.29) is 5.91 Å². The Morgan fingerprint density at radius 1 is 1.24 bits per heavy atom. The number of benzene rings is 1. The number of carbonyl (C=O) groups is 1. The number of imidazole rings is 1. The van der Waals surface area contributed by atoms with Gasteiger partial charge in [-0.3, -0.25) is 9.78 Å². The third kappa shape index (κ3) is 5.62. The van der Waals surface area contributed by atoms with Gasteiger partial charge in [-0.05, 0) is 60.8 Å². The maximum atomic E-state index is 12.6. The topological polar surface area (TPSA) is 79.9 Å². The van der Waals surface area contributed by atoms with E-state index in [9.17, 15) is 4.79 Å². The second-order valence-corrected chi connectivity index (χ2v) is 9.52. The van der Waals surface area contributed by atoms with E-state index in [1.807, 2.05) is 36.5 Å². The molecule has 1 aromatic carbocycles. The van der Waals surface area contributed by atoms with E-state index in [1.165, 1.54) is 5.57 Å². The second kappa shape index (κ2) is 10.2. The minimum Gasteiger partial charge on any atom is -0.497 e. The number of fused-ring (bicyclic) bond motifs is 1. The SMILES string of the molecule is COc1ccc(CC(=O)NC[C@@H]2C=C(C)[C@H](Cc3nc4ccncc4[nH]3)C[C@H]2C(C)C)cc1. The quantitative estimate of drug-likeness (QED) is 0.491. The smallest absolute Gasteiger partial charge is 0.224 e. The Hall–Kier alpha value is -3.15. The van der Waals surface area contributed by atoms with Crippen molar-refractivity contribution in [3.8, 4) is 5.75 Å². The Morgan fingerprint density at radius 3 is 2.73 bits per heavy atom. The molecular formula is C27H34N4O2. The van der Waals surface area contributed by atoms with Crippen LogP contribution in [0.5, 0.6) is 5.75 Å². The molecule has 3 atom stereocenters. The summed E-state index contributed by atoms with van der Waals surface area (Å²) in [4.78, 5) is 24.9. The summed E-state index contributed by atoms with van der Waals surface area (Å²) in [6.07, 6.45) is 8.38. The van der Waals surface area contributed by atoms with Crippen LogP contribution in [0.2, 0.25) is 0 Å². The average Bonchev–Trinajstić information content (AvgIpc) is 3.22. The molecule has 2 aromatic heterocycles. The number of carbonyl (C=O) groups excluding carboxylic acids is 1. The first kappa shape index (κ1) is 23.0. The first-order valence-corrected chi connectivity index (χ1v) is 11.8. The van der Waals surface area contributed by atoms with Crippen LogP contribution in [0.15, 0.2) is 54.4 Å². The molecule has 1 aliphatic rings. The molecule has 0 fully saturated rings. The predicted molar refractivity (Wildman–Crippen MR) is 131 cm³/mol. The van der Waals surface area contributed by atoms with Crippen LogP contribution in [0.1, 0.15) is 38.6 Å². The zero-order chi connectivity index (χ0) is 23.4. The van der Waals surface area contributed by atoms with E-state index in [0.717, 1.165) is 41.0 Å². The fourth-order valence-electron chi connectivity index (χ4n) is 4.97. The number of aromatic amines is 1. The van der Waals surface area contributed by atoms with Gasteiger partial charge in [-0.2, -0.15) is 0 Å². The molecule has 0 unspecified atom stereocenters. The molecule has 2 N–H and O–H groups in total. The summed E-state index contributed by atoms with van der Waals surface area (Å²) in [6.45, 7) is 7.47. The third-order valence-electron chi connectivity index (χ3n) is 6.91. The van der Waals surface area contributed by atoms with Crippen molar-refractivity contribution in [2.45, 2.75) is 40.0 Å². The second-order valence-electron chi connectivity index (χ2n) is 9.52. The van der Waals surface area contributed by atoms with Gasteiger partial charge in [-0.1, -0.05) is 37.6 Å². The molecule has 0 saturated heterocycles. The lowest BCUT2D eigenvalue weighted by Crippen LogP contribution is -2.37. The summed E-state index contributed by atoms with van der Waals surface area (Å²) < 4.78 is 5.19. The van der Waals surface area contributed by atoms with Crippen LogP contribution in [0.3, 0.4) is 0 Å². The van der Waals surface area contributed by atoms with Crippen LogP contribution in [0.25, 0.3) is 11.0 Å². The number of rotatable bonds is 8. The zero-order valence-corrected chi connectivity index (χ0v) is 20.0. The molecule has 2 heterocycles. The lowest BCUT2D eigenvalue weighted by atomic mass is 9.69. The van der Waals surface area contributed by atoms with Gasteiger partial charge in [0, 0.05) is 19.2 Å². The molecule has 0 saturated carbocycles. The van der Waals surface area contributed by atoms with Crippen molar-refractivity contribution in [1.82, 2.24) is 20.3 Å². The minimum atomic E-state index is 0.0618. The van der Waals surface area contributed by atoms with E-state index < -0.39 is 0 Å². The molecule has 6 nitrogen and oxygen atoms in total. The lowest BCUT2D eigenvalue weighted by Gasteiger charge is -2.37. The van der Waals surface area contributed by atoms with E-state index in [0.29, 0.717) is 36.6 Å². The Balaban J connectivity index is 1.39. The van der Waals surface area contributed by atoms with E-state index in [4.69, 9.17) is 9.72 Å². The molecule has 6 heteroatoms. The number of ether oxygens (including phenoxy) is 1. The minimum absolute atomic E-state index is 0.0618. The molecule has 1 amide bonds. The summed E-state index contributed by atoms with van der Waals surface area (Å²) in [5.74, 6) is 3.75. The Labute approximate surface area is 195 Å². The average molecular weight is 447 g/mol. The largest absolute Gasteiger partial charge is 0.497 e. The van der Waals surface area contributed by atoms with Gasteiger partial charge in [0.15, 0.2) is 0 Å². The third-order valence-corrected chi connectivity index (χ3v) is 6.91. The maximum absolute atomic E-state index is 12.6. The Kier molecular flexibility index (Phi) is 7.11. The van der Waals surface area contributed by atoms with Gasteiger partial charge in [0.2, 0.25) is 5.91 Å². The molecular weight excluding hydrogens is 412 g/mol. The number of aromatic nitrogens is 3. The van der Waals surface area contributed by atoms with Gasteiger partial charge in [-0.25, -0.2) is 4.98 Å². The number of nitrogens with zero attached hydrogens (tertiary/aromatic N) is 2. The number of pyridine rings is 1. The van der Waals surface area contributed by atoms with E-state index in [1.54, 1.807) is 13.3 Å². The van der Waals surface area contributed by atoms with Gasteiger partial charge < -0.3 is 15.0 Å². The first-order valence-electron chi connectivity index (χ1n) is 11.8. The van der Waals surface area contributed by atoms with Gasteiger partial charge in [-0.15, -0.1) is 0 Å². The van der Waals surface area contributed by atoms with Crippen molar-refractivity contribution < 1.29 is 9.53 Å². The van der Waals surface area contributed by atoms with Crippen molar-refractivity contribution in [2.75, 3.05) is 13.7 Å². The first-order chi connectivity index (χ1) is 15.9. The highest BCUT2D eigenvalue weighted by molar-refractivity contribution is 5.78. The standard InChI is InChI=1S/C27H34N4O2/c1-17(2)23-13-20(14-26-30-24-9-10-28-16-25(24)31-26)18(3)11-21(23)15-29-27(32)12-19-5-7-22(33-4)8-6-19/h5-11,16-17,20-21,23H,12-15H2,1-4H3,(H,29,32)(H,30,31)/t20-,21-,23-/m0/s1. The van der Waals surface area contributed by atoms with Gasteiger partial charge in [0.05, 0.1) is 30.8 Å². The number of nitrogens with one attached hydrogen (secondary N) is 2. The number of methoxy groups -OCH3 is 1. The Bertz CT molecular complexity index is 1080. The fourth-order valence-corrected chi connectivity index (χ4v) is 4.97. The molecule has 0 bridgehead atoms. The van der Waals surface area contributed by atoms with Crippen molar-refractivity contribution in [1.29, 1.82) is 0 Å². The molecule has 0 spiro atoms. The molecule has 1 aliphatic carbocycles. The number of hydrogen-bond donors (Lipinski definition) is 2.